The van der Waals surface area contributed by atoms with Crippen LogP contribution in [0, 0.1) is 0 Å². The van der Waals surface area contributed by atoms with Gasteiger partial charge in [-0.05, 0) is 18.6 Å². The summed E-state index contributed by atoms with van der Waals surface area (Å²) in [5, 5.41) is 0.457. The molecule has 0 aliphatic rings. The Hall–Kier alpha value is -1.33. The molecule has 2 nitrogen and oxygen atoms in total. The number of rotatable bonds is 3. The molecule has 0 aliphatic carbocycles. The number of halogens is 5. The van der Waals surface area contributed by atoms with Crippen LogP contribution in [0.25, 0.3) is 11.4 Å². The monoisotopic (exact) mass is 334 g/mol. The predicted molar refractivity (Wildman–Crippen MR) is 76.5 cm³/mol. The Kier molecular flexibility index (Phi) is 4.74. The van der Waals surface area contributed by atoms with Gasteiger partial charge in [-0.25, -0.2) is 9.97 Å². The lowest BCUT2D eigenvalue weighted by atomic mass is 10.1. The van der Waals surface area contributed by atoms with E-state index in [9.17, 15) is 13.2 Å². The lowest BCUT2D eigenvalue weighted by Crippen LogP contribution is -2.04. The normalized spacial score (nSPS) is 11.7. The first-order chi connectivity index (χ1) is 9.82. The van der Waals surface area contributed by atoms with E-state index in [1.165, 1.54) is 12.1 Å². The van der Waals surface area contributed by atoms with Crippen LogP contribution in [0.4, 0.5) is 13.2 Å². The summed E-state index contributed by atoms with van der Waals surface area (Å²) in [6.07, 6.45) is -2.90. The molecule has 0 atom stereocenters. The highest BCUT2D eigenvalue weighted by atomic mass is 35.5. The summed E-state index contributed by atoms with van der Waals surface area (Å²) >= 11 is 12.1. The van der Waals surface area contributed by atoms with Crippen molar-refractivity contribution < 1.29 is 13.2 Å². The van der Waals surface area contributed by atoms with Crippen LogP contribution >= 0.6 is 23.2 Å². The summed E-state index contributed by atoms with van der Waals surface area (Å²) in [7, 11) is 0. The average molecular weight is 335 g/mol. The molecular weight excluding hydrogens is 324 g/mol. The maximum absolute atomic E-state index is 12.5. The lowest BCUT2D eigenvalue weighted by Gasteiger charge is -2.09. The van der Waals surface area contributed by atoms with Crippen molar-refractivity contribution >= 4 is 23.2 Å². The van der Waals surface area contributed by atoms with E-state index >= 15 is 0 Å². The summed E-state index contributed by atoms with van der Waals surface area (Å²) in [6.45, 7) is 1.97. The quantitative estimate of drug-likeness (QED) is 0.700. The number of hydrogen-bond acceptors (Lipinski definition) is 2. The minimum Gasteiger partial charge on any atom is -0.216 e. The Balaban J connectivity index is 2.39. The molecule has 0 unspecified atom stereocenters. The fourth-order valence-electron chi connectivity index (χ4n) is 1.82. The topological polar surface area (TPSA) is 25.8 Å². The van der Waals surface area contributed by atoms with E-state index in [0.717, 1.165) is 18.6 Å². The molecule has 7 heteroatoms. The van der Waals surface area contributed by atoms with Crippen LogP contribution in [0.3, 0.4) is 0 Å². The molecule has 2 rings (SSSR count). The summed E-state index contributed by atoms with van der Waals surface area (Å²) in [4.78, 5) is 8.21. The third kappa shape index (κ3) is 3.66. The van der Waals surface area contributed by atoms with E-state index < -0.39 is 11.7 Å². The number of nitrogens with zero attached hydrogens (tertiary/aromatic N) is 2. The van der Waals surface area contributed by atoms with Crippen LogP contribution in [0.5, 0.6) is 0 Å². The highest BCUT2D eigenvalue weighted by Gasteiger charge is 2.30. The van der Waals surface area contributed by atoms with Gasteiger partial charge in [0.15, 0.2) is 5.82 Å². The molecule has 0 saturated carbocycles. The zero-order chi connectivity index (χ0) is 15.6. The second-order valence-corrected chi connectivity index (χ2v) is 5.15. The molecule has 0 N–H and O–H groups in total. The van der Waals surface area contributed by atoms with Gasteiger partial charge >= 0.3 is 6.18 Å². The van der Waals surface area contributed by atoms with Crippen LogP contribution in [0.1, 0.15) is 24.5 Å². The van der Waals surface area contributed by atoms with Crippen molar-refractivity contribution in [2.75, 3.05) is 0 Å². The second kappa shape index (κ2) is 6.20. The Bertz CT molecular complexity index is 617. The van der Waals surface area contributed by atoms with E-state index in [4.69, 9.17) is 23.2 Å². The van der Waals surface area contributed by atoms with Crippen LogP contribution < -0.4 is 0 Å². The first kappa shape index (κ1) is 16.0. The second-order valence-electron chi connectivity index (χ2n) is 4.43. The fraction of sp³-hybridized carbons (Fsp3) is 0.286. The van der Waals surface area contributed by atoms with Crippen molar-refractivity contribution in [3.05, 3.63) is 45.7 Å². The number of benzene rings is 1. The van der Waals surface area contributed by atoms with Crippen molar-refractivity contribution in [1.82, 2.24) is 9.97 Å². The largest absolute Gasteiger partial charge is 0.416 e. The molecule has 1 aromatic heterocycles. The summed E-state index contributed by atoms with van der Waals surface area (Å²) < 4.78 is 37.5. The Morgan fingerprint density at radius 2 is 1.52 bits per heavy atom. The van der Waals surface area contributed by atoms with Gasteiger partial charge in [-0.2, -0.15) is 13.2 Å². The van der Waals surface area contributed by atoms with Gasteiger partial charge in [0, 0.05) is 11.1 Å². The highest BCUT2D eigenvalue weighted by molar-refractivity contribution is 6.34. The van der Waals surface area contributed by atoms with Crippen molar-refractivity contribution in [1.29, 1.82) is 0 Å². The SMILES string of the molecule is CCCc1c(Cl)nc(-c2ccc(C(F)(F)F)cc2)nc1Cl. The van der Waals surface area contributed by atoms with Crippen LogP contribution in [-0.2, 0) is 12.6 Å². The molecular formula is C14H11Cl2F3N2. The molecule has 0 spiro atoms. The Morgan fingerprint density at radius 1 is 1.00 bits per heavy atom. The van der Waals surface area contributed by atoms with Crippen LogP contribution in [0.2, 0.25) is 10.3 Å². The van der Waals surface area contributed by atoms with E-state index in [1.54, 1.807) is 0 Å². The molecule has 21 heavy (non-hydrogen) atoms. The van der Waals surface area contributed by atoms with Gasteiger partial charge in [-0.1, -0.05) is 48.7 Å². The molecule has 1 aromatic carbocycles. The molecule has 0 radical (unpaired) electrons. The molecule has 0 bridgehead atoms. The van der Waals surface area contributed by atoms with Gasteiger partial charge in [0.05, 0.1) is 5.56 Å². The van der Waals surface area contributed by atoms with E-state index in [2.05, 4.69) is 9.97 Å². The van der Waals surface area contributed by atoms with Gasteiger partial charge in [-0.15, -0.1) is 0 Å². The van der Waals surface area contributed by atoms with Crippen LogP contribution in [-0.4, -0.2) is 9.97 Å². The predicted octanol–water partition coefficient (Wildman–Crippen LogP) is 5.42. The first-order valence-electron chi connectivity index (χ1n) is 6.22. The molecule has 0 saturated heterocycles. The minimum absolute atomic E-state index is 0.207. The molecule has 0 aliphatic heterocycles. The van der Waals surface area contributed by atoms with Gasteiger partial charge in [0.1, 0.15) is 10.3 Å². The van der Waals surface area contributed by atoms with Gasteiger partial charge in [0.25, 0.3) is 0 Å². The zero-order valence-electron chi connectivity index (χ0n) is 11.0. The highest BCUT2D eigenvalue weighted by Crippen LogP contribution is 2.31. The van der Waals surface area contributed by atoms with E-state index in [1.807, 2.05) is 6.92 Å². The fourth-order valence-corrected chi connectivity index (χ4v) is 2.40. The standard InChI is InChI=1S/C14H11Cl2F3N2/c1-2-3-10-11(15)20-13(21-12(10)16)8-4-6-9(7-5-8)14(17,18)19/h4-7H,2-3H2,1H3. The van der Waals surface area contributed by atoms with Crippen molar-refractivity contribution in [3.8, 4) is 11.4 Å². The molecule has 0 amide bonds. The van der Waals surface area contributed by atoms with E-state index in [0.29, 0.717) is 17.5 Å². The summed E-state index contributed by atoms with van der Waals surface area (Å²) in [5.74, 6) is 0.207. The minimum atomic E-state index is -4.38. The maximum Gasteiger partial charge on any atom is 0.416 e. The molecule has 112 valence electrons. The lowest BCUT2D eigenvalue weighted by molar-refractivity contribution is -0.137. The Labute approximate surface area is 129 Å². The van der Waals surface area contributed by atoms with Crippen LogP contribution in [0.15, 0.2) is 24.3 Å². The zero-order valence-corrected chi connectivity index (χ0v) is 12.5. The summed E-state index contributed by atoms with van der Waals surface area (Å²) in [5.41, 5.74) is 0.345. The molecule has 0 fully saturated rings. The maximum atomic E-state index is 12.5. The van der Waals surface area contributed by atoms with Gasteiger partial charge in [0.2, 0.25) is 0 Å². The van der Waals surface area contributed by atoms with Gasteiger partial charge < -0.3 is 0 Å². The first-order valence-corrected chi connectivity index (χ1v) is 6.98. The van der Waals surface area contributed by atoms with Crippen molar-refractivity contribution in [2.24, 2.45) is 0 Å². The number of aromatic nitrogens is 2. The number of hydrogen-bond donors (Lipinski definition) is 0. The van der Waals surface area contributed by atoms with Gasteiger partial charge in [-0.3, -0.25) is 0 Å². The average Bonchev–Trinajstić information content (AvgIpc) is 2.42. The third-order valence-corrected chi connectivity index (χ3v) is 3.50. The molecule has 1 heterocycles. The smallest absolute Gasteiger partial charge is 0.216 e. The Morgan fingerprint density at radius 3 is 1.95 bits per heavy atom. The van der Waals surface area contributed by atoms with E-state index in [-0.39, 0.29) is 16.1 Å². The van der Waals surface area contributed by atoms with Crippen molar-refractivity contribution in [2.45, 2.75) is 25.9 Å². The number of alkyl halides is 3. The van der Waals surface area contributed by atoms with Crippen molar-refractivity contribution in [3.63, 3.8) is 0 Å². The third-order valence-electron chi connectivity index (χ3n) is 2.88. The summed E-state index contributed by atoms with van der Waals surface area (Å²) in [6, 6.07) is 4.54. The molecule has 2 aromatic rings.